The van der Waals surface area contributed by atoms with E-state index in [1.165, 1.54) is 25.8 Å². The van der Waals surface area contributed by atoms with Crippen molar-refractivity contribution in [1.29, 1.82) is 0 Å². The molecular formula is C15H31NO. The standard InChI is InChI=1S/C15H31NO/c1-5-12(3)10-16(6-2)11-14-9-13(4)7-8-15(14)17/h12-15,17H,5-11H2,1-4H3. The van der Waals surface area contributed by atoms with Crippen LogP contribution in [0.3, 0.4) is 0 Å². The Balaban J connectivity index is 2.42. The van der Waals surface area contributed by atoms with E-state index in [0.717, 1.165) is 31.3 Å². The highest BCUT2D eigenvalue weighted by Gasteiger charge is 2.28. The third-order valence-corrected chi connectivity index (χ3v) is 4.41. The first-order chi connectivity index (χ1) is 8.06. The molecule has 0 radical (unpaired) electrons. The summed E-state index contributed by atoms with van der Waals surface area (Å²) < 4.78 is 0. The number of aliphatic hydroxyl groups is 1. The summed E-state index contributed by atoms with van der Waals surface area (Å²) in [5, 5.41) is 10.1. The Morgan fingerprint density at radius 3 is 2.59 bits per heavy atom. The Labute approximate surface area is 107 Å². The van der Waals surface area contributed by atoms with Gasteiger partial charge in [-0.25, -0.2) is 0 Å². The molecule has 2 nitrogen and oxygen atoms in total. The smallest absolute Gasteiger partial charge is 0.0580 e. The second-order valence-corrected chi connectivity index (χ2v) is 6.11. The van der Waals surface area contributed by atoms with E-state index in [2.05, 4.69) is 32.6 Å². The molecule has 1 fully saturated rings. The molecular weight excluding hydrogens is 210 g/mol. The molecule has 0 bridgehead atoms. The van der Waals surface area contributed by atoms with E-state index in [-0.39, 0.29) is 6.10 Å². The highest BCUT2D eigenvalue weighted by molar-refractivity contribution is 4.80. The molecule has 0 saturated heterocycles. The Morgan fingerprint density at radius 1 is 1.29 bits per heavy atom. The molecule has 2 heteroatoms. The van der Waals surface area contributed by atoms with E-state index in [9.17, 15) is 5.11 Å². The average molecular weight is 241 g/mol. The topological polar surface area (TPSA) is 23.5 Å². The van der Waals surface area contributed by atoms with Gasteiger partial charge in [0, 0.05) is 13.1 Å². The van der Waals surface area contributed by atoms with Gasteiger partial charge in [-0.3, -0.25) is 0 Å². The van der Waals surface area contributed by atoms with Gasteiger partial charge in [0.25, 0.3) is 0 Å². The van der Waals surface area contributed by atoms with Crippen LogP contribution in [0.4, 0.5) is 0 Å². The molecule has 0 amide bonds. The molecule has 17 heavy (non-hydrogen) atoms. The zero-order chi connectivity index (χ0) is 12.8. The number of hydrogen-bond donors (Lipinski definition) is 1. The van der Waals surface area contributed by atoms with Gasteiger partial charge in [-0.2, -0.15) is 0 Å². The van der Waals surface area contributed by atoms with Gasteiger partial charge >= 0.3 is 0 Å². The zero-order valence-electron chi connectivity index (χ0n) is 12.2. The molecule has 1 N–H and O–H groups in total. The number of hydrogen-bond acceptors (Lipinski definition) is 2. The fraction of sp³-hybridized carbons (Fsp3) is 1.00. The summed E-state index contributed by atoms with van der Waals surface area (Å²) in [6.07, 6.45) is 4.61. The van der Waals surface area contributed by atoms with Gasteiger partial charge in [-0.15, -0.1) is 0 Å². The van der Waals surface area contributed by atoms with E-state index in [0.29, 0.717) is 5.92 Å². The quantitative estimate of drug-likeness (QED) is 0.772. The maximum Gasteiger partial charge on any atom is 0.0580 e. The van der Waals surface area contributed by atoms with Crippen molar-refractivity contribution in [3.05, 3.63) is 0 Å². The fourth-order valence-corrected chi connectivity index (χ4v) is 2.91. The van der Waals surface area contributed by atoms with E-state index in [4.69, 9.17) is 0 Å². The Hall–Kier alpha value is -0.0800. The van der Waals surface area contributed by atoms with Crippen molar-refractivity contribution in [1.82, 2.24) is 4.90 Å². The molecule has 0 aromatic rings. The van der Waals surface area contributed by atoms with Gasteiger partial charge < -0.3 is 10.0 Å². The Bertz CT molecular complexity index is 207. The molecule has 1 aliphatic carbocycles. The van der Waals surface area contributed by atoms with E-state index in [1.807, 2.05) is 0 Å². The molecule has 0 heterocycles. The largest absolute Gasteiger partial charge is 0.393 e. The molecule has 0 spiro atoms. The molecule has 4 unspecified atom stereocenters. The van der Waals surface area contributed by atoms with Crippen molar-refractivity contribution in [3.63, 3.8) is 0 Å². The number of nitrogens with zero attached hydrogens (tertiary/aromatic N) is 1. The first-order valence-corrected chi connectivity index (χ1v) is 7.47. The van der Waals surface area contributed by atoms with Crippen LogP contribution in [0.2, 0.25) is 0 Å². The van der Waals surface area contributed by atoms with Gasteiger partial charge in [0.1, 0.15) is 0 Å². The Morgan fingerprint density at radius 2 is 2.00 bits per heavy atom. The summed E-state index contributed by atoms with van der Waals surface area (Å²) in [5.74, 6) is 2.07. The SMILES string of the molecule is CCC(C)CN(CC)CC1CC(C)CCC1O. The van der Waals surface area contributed by atoms with E-state index in [1.54, 1.807) is 0 Å². The second-order valence-electron chi connectivity index (χ2n) is 6.11. The highest BCUT2D eigenvalue weighted by Crippen LogP contribution is 2.29. The lowest BCUT2D eigenvalue weighted by molar-refractivity contribution is 0.0290. The summed E-state index contributed by atoms with van der Waals surface area (Å²) in [6.45, 7) is 12.5. The molecule has 0 aromatic heterocycles. The van der Waals surface area contributed by atoms with Gasteiger partial charge in [-0.1, -0.05) is 34.1 Å². The van der Waals surface area contributed by atoms with Crippen molar-refractivity contribution < 1.29 is 5.11 Å². The molecule has 1 aliphatic rings. The predicted molar refractivity (Wildman–Crippen MR) is 74.1 cm³/mol. The van der Waals surface area contributed by atoms with E-state index >= 15 is 0 Å². The lowest BCUT2D eigenvalue weighted by atomic mass is 9.80. The Kier molecular flexibility index (Phi) is 6.50. The van der Waals surface area contributed by atoms with Crippen LogP contribution in [0.25, 0.3) is 0 Å². The minimum atomic E-state index is -0.0582. The normalized spacial score (nSPS) is 31.8. The van der Waals surface area contributed by atoms with Crippen molar-refractivity contribution in [2.24, 2.45) is 17.8 Å². The first kappa shape index (κ1) is 15.0. The number of aliphatic hydroxyl groups excluding tert-OH is 1. The van der Waals surface area contributed by atoms with Gasteiger partial charge in [0.05, 0.1) is 6.10 Å². The second kappa shape index (κ2) is 7.38. The van der Waals surface area contributed by atoms with Gasteiger partial charge in [0.2, 0.25) is 0 Å². The third-order valence-electron chi connectivity index (χ3n) is 4.41. The summed E-state index contributed by atoms with van der Waals surface area (Å²) >= 11 is 0. The van der Waals surface area contributed by atoms with Gasteiger partial charge in [-0.05, 0) is 43.6 Å². The van der Waals surface area contributed by atoms with Crippen LogP contribution in [0.1, 0.15) is 53.4 Å². The van der Waals surface area contributed by atoms with Crippen LogP contribution in [0.5, 0.6) is 0 Å². The van der Waals surface area contributed by atoms with Crippen LogP contribution >= 0.6 is 0 Å². The maximum atomic E-state index is 10.1. The summed E-state index contributed by atoms with van der Waals surface area (Å²) in [6, 6.07) is 0. The summed E-state index contributed by atoms with van der Waals surface area (Å²) in [4.78, 5) is 2.53. The predicted octanol–water partition coefficient (Wildman–Crippen LogP) is 3.15. The first-order valence-electron chi connectivity index (χ1n) is 7.47. The van der Waals surface area contributed by atoms with Gasteiger partial charge in [0.15, 0.2) is 0 Å². The van der Waals surface area contributed by atoms with Crippen LogP contribution in [-0.2, 0) is 0 Å². The van der Waals surface area contributed by atoms with Crippen LogP contribution in [0, 0.1) is 17.8 Å². The third kappa shape index (κ3) is 4.97. The molecule has 0 aliphatic heterocycles. The lowest BCUT2D eigenvalue weighted by Gasteiger charge is -2.36. The minimum Gasteiger partial charge on any atom is -0.393 e. The molecule has 4 atom stereocenters. The van der Waals surface area contributed by atoms with Crippen molar-refractivity contribution in [3.8, 4) is 0 Å². The van der Waals surface area contributed by atoms with E-state index < -0.39 is 0 Å². The van der Waals surface area contributed by atoms with Crippen LogP contribution in [-0.4, -0.2) is 35.7 Å². The monoisotopic (exact) mass is 241 g/mol. The molecule has 1 rings (SSSR count). The minimum absolute atomic E-state index is 0.0582. The molecule has 1 saturated carbocycles. The molecule has 0 aromatic carbocycles. The maximum absolute atomic E-state index is 10.1. The summed E-state index contributed by atoms with van der Waals surface area (Å²) in [5.41, 5.74) is 0. The number of rotatable bonds is 6. The van der Waals surface area contributed by atoms with Crippen molar-refractivity contribution in [2.75, 3.05) is 19.6 Å². The average Bonchev–Trinajstić information content (AvgIpc) is 2.32. The highest BCUT2D eigenvalue weighted by atomic mass is 16.3. The van der Waals surface area contributed by atoms with Crippen molar-refractivity contribution in [2.45, 2.75) is 59.5 Å². The van der Waals surface area contributed by atoms with Crippen LogP contribution < -0.4 is 0 Å². The van der Waals surface area contributed by atoms with Crippen LogP contribution in [0.15, 0.2) is 0 Å². The fourth-order valence-electron chi connectivity index (χ4n) is 2.91. The lowest BCUT2D eigenvalue weighted by Crippen LogP contribution is -2.40. The van der Waals surface area contributed by atoms with Crippen molar-refractivity contribution >= 4 is 0 Å². The zero-order valence-corrected chi connectivity index (χ0v) is 12.2. The summed E-state index contributed by atoms with van der Waals surface area (Å²) in [7, 11) is 0. The molecule has 102 valence electrons.